The highest BCUT2D eigenvalue weighted by Gasteiger charge is 2.26. The van der Waals surface area contributed by atoms with Gasteiger partial charge in [-0.15, -0.1) is 5.10 Å². The van der Waals surface area contributed by atoms with Gasteiger partial charge in [0, 0.05) is 45.8 Å². The zero-order chi connectivity index (χ0) is 25.4. The summed E-state index contributed by atoms with van der Waals surface area (Å²) in [6.07, 6.45) is 1.51. The van der Waals surface area contributed by atoms with Crippen LogP contribution in [-0.4, -0.2) is 88.8 Å². The molecule has 5 rings (SSSR count). The summed E-state index contributed by atoms with van der Waals surface area (Å²) in [7, 11) is -0.592. The van der Waals surface area contributed by atoms with E-state index in [1.54, 1.807) is 21.7 Å². The number of carbonyl (C=O) groups excluding carboxylic acids is 1. The van der Waals surface area contributed by atoms with E-state index in [1.165, 1.54) is 32.6 Å². The van der Waals surface area contributed by atoms with Crippen LogP contribution in [0.5, 0.6) is 0 Å². The number of sulfonamides is 1. The topological polar surface area (TPSA) is 117 Å². The SMILES string of the molecule is Cc1ccc(-n2nnc3c(N4CCN(C(=O)c5ccc(S(=O)(=O)N(C)C)cc5)CC4)ncnc32)cc1. The van der Waals surface area contributed by atoms with Crippen LogP contribution in [0.1, 0.15) is 15.9 Å². The van der Waals surface area contributed by atoms with Crippen molar-refractivity contribution in [3.63, 3.8) is 0 Å². The molecule has 0 radical (unpaired) electrons. The van der Waals surface area contributed by atoms with E-state index in [0.29, 0.717) is 48.7 Å². The first kappa shape index (κ1) is 23.8. The first-order valence-electron chi connectivity index (χ1n) is 11.5. The highest BCUT2D eigenvalue weighted by atomic mass is 32.2. The van der Waals surface area contributed by atoms with Crippen LogP contribution < -0.4 is 4.90 Å². The molecule has 4 aromatic rings. The van der Waals surface area contributed by atoms with Crippen molar-refractivity contribution < 1.29 is 13.2 Å². The smallest absolute Gasteiger partial charge is 0.253 e. The summed E-state index contributed by atoms with van der Waals surface area (Å²) in [4.78, 5) is 25.9. The van der Waals surface area contributed by atoms with Gasteiger partial charge in [0.25, 0.3) is 5.91 Å². The predicted molar refractivity (Wildman–Crippen MR) is 135 cm³/mol. The molecule has 0 saturated carbocycles. The average Bonchev–Trinajstić information content (AvgIpc) is 3.33. The summed E-state index contributed by atoms with van der Waals surface area (Å²) in [6, 6.07) is 14.0. The van der Waals surface area contributed by atoms with Crippen LogP contribution in [0.2, 0.25) is 0 Å². The van der Waals surface area contributed by atoms with Gasteiger partial charge in [-0.2, -0.15) is 4.68 Å². The summed E-state index contributed by atoms with van der Waals surface area (Å²) < 4.78 is 27.4. The van der Waals surface area contributed by atoms with Gasteiger partial charge < -0.3 is 9.80 Å². The van der Waals surface area contributed by atoms with Crippen molar-refractivity contribution in [2.75, 3.05) is 45.2 Å². The van der Waals surface area contributed by atoms with Gasteiger partial charge in [-0.1, -0.05) is 22.9 Å². The molecule has 1 amide bonds. The molecule has 0 aliphatic carbocycles. The fourth-order valence-corrected chi connectivity index (χ4v) is 5.01. The monoisotopic (exact) mass is 506 g/mol. The highest BCUT2D eigenvalue weighted by molar-refractivity contribution is 7.89. The number of rotatable bonds is 5. The Kier molecular flexibility index (Phi) is 6.14. The van der Waals surface area contributed by atoms with Crippen molar-refractivity contribution >= 4 is 32.9 Å². The Balaban J connectivity index is 1.30. The van der Waals surface area contributed by atoms with Gasteiger partial charge in [0.05, 0.1) is 10.6 Å². The van der Waals surface area contributed by atoms with Crippen molar-refractivity contribution in [2.24, 2.45) is 0 Å². The minimum Gasteiger partial charge on any atom is -0.351 e. The molecule has 1 saturated heterocycles. The van der Waals surface area contributed by atoms with Crippen molar-refractivity contribution in [1.82, 2.24) is 34.2 Å². The largest absolute Gasteiger partial charge is 0.351 e. The molecule has 0 spiro atoms. The first-order valence-corrected chi connectivity index (χ1v) is 12.9. The van der Waals surface area contributed by atoms with E-state index in [0.717, 1.165) is 15.6 Å². The van der Waals surface area contributed by atoms with Crippen LogP contribution in [0.25, 0.3) is 16.9 Å². The van der Waals surface area contributed by atoms with Crippen molar-refractivity contribution in [3.8, 4) is 5.69 Å². The highest BCUT2D eigenvalue weighted by Crippen LogP contribution is 2.24. The molecular weight excluding hydrogens is 480 g/mol. The lowest BCUT2D eigenvalue weighted by Gasteiger charge is -2.35. The molecule has 12 heteroatoms. The number of nitrogens with zero attached hydrogens (tertiary/aromatic N) is 8. The van der Waals surface area contributed by atoms with Crippen LogP contribution in [0.3, 0.4) is 0 Å². The molecule has 1 aliphatic heterocycles. The number of fused-ring (bicyclic) bond motifs is 1. The third-order valence-electron chi connectivity index (χ3n) is 6.24. The van der Waals surface area contributed by atoms with Crippen LogP contribution in [-0.2, 0) is 10.0 Å². The molecule has 2 aromatic carbocycles. The zero-order valence-corrected chi connectivity index (χ0v) is 21.1. The summed E-state index contributed by atoms with van der Waals surface area (Å²) in [5.74, 6) is 0.547. The average molecular weight is 507 g/mol. The number of hydrogen-bond acceptors (Lipinski definition) is 8. The Morgan fingerprint density at radius 2 is 1.58 bits per heavy atom. The standard InChI is InChI=1S/C24H26N8O3S/c1-17-4-8-19(9-5-17)32-23-21(27-28-32)22(25-16-26-23)30-12-14-31(15-13-30)24(33)18-6-10-20(11-7-18)36(34,35)29(2)3/h4-11,16H,12-15H2,1-3H3. The number of aromatic nitrogens is 5. The molecule has 1 aliphatic rings. The van der Waals surface area contributed by atoms with E-state index in [4.69, 9.17) is 0 Å². The second-order valence-electron chi connectivity index (χ2n) is 8.80. The van der Waals surface area contributed by atoms with Gasteiger partial charge in [0.1, 0.15) is 6.33 Å². The van der Waals surface area contributed by atoms with Crippen LogP contribution in [0.4, 0.5) is 5.82 Å². The number of aryl methyl sites for hydroxylation is 1. The van der Waals surface area contributed by atoms with Crippen LogP contribution in [0.15, 0.2) is 59.8 Å². The fourth-order valence-electron chi connectivity index (χ4n) is 4.11. The Morgan fingerprint density at radius 3 is 2.22 bits per heavy atom. The minimum absolute atomic E-state index is 0.137. The maximum Gasteiger partial charge on any atom is 0.253 e. The molecule has 11 nitrogen and oxygen atoms in total. The molecule has 0 unspecified atom stereocenters. The summed E-state index contributed by atoms with van der Waals surface area (Å²) >= 11 is 0. The van der Waals surface area contributed by atoms with E-state index in [2.05, 4.69) is 25.2 Å². The van der Waals surface area contributed by atoms with Gasteiger partial charge in [-0.05, 0) is 43.3 Å². The van der Waals surface area contributed by atoms with E-state index < -0.39 is 10.0 Å². The fraction of sp³-hybridized carbons (Fsp3) is 0.292. The van der Waals surface area contributed by atoms with Crippen LogP contribution >= 0.6 is 0 Å². The molecule has 36 heavy (non-hydrogen) atoms. The Morgan fingerprint density at radius 1 is 0.917 bits per heavy atom. The summed E-state index contributed by atoms with van der Waals surface area (Å²) in [5, 5.41) is 8.64. The molecule has 3 heterocycles. The third kappa shape index (κ3) is 4.29. The maximum atomic E-state index is 13.0. The van der Waals surface area contributed by atoms with Gasteiger partial charge >= 0.3 is 0 Å². The number of amides is 1. The molecular formula is C24H26N8O3S. The lowest BCUT2D eigenvalue weighted by Crippen LogP contribution is -2.49. The molecule has 186 valence electrons. The molecule has 0 atom stereocenters. The summed E-state index contributed by atoms with van der Waals surface area (Å²) in [5.41, 5.74) is 3.70. The molecule has 0 N–H and O–H groups in total. The zero-order valence-electron chi connectivity index (χ0n) is 20.2. The number of carbonyl (C=O) groups is 1. The number of benzene rings is 2. The van der Waals surface area contributed by atoms with Crippen molar-refractivity contribution in [3.05, 3.63) is 66.0 Å². The lowest BCUT2D eigenvalue weighted by atomic mass is 10.2. The van der Waals surface area contributed by atoms with Crippen molar-refractivity contribution in [2.45, 2.75) is 11.8 Å². The van der Waals surface area contributed by atoms with E-state index >= 15 is 0 Å². The lowest BCUT2D eigenvalue weighted by molar-refractivity contribution is 0.0746. The second kappa shape index (κ2) is 9.28. The maximum absolute atomic E-state index is 13.0. The van der Waals surface area contributed by atoms with Gasteiger partial charge in [0.2, 0.25) is 10.0 Å². The Hall–Kier alpha value is -3.90. The second-order valence-corrected chi connectivity index (χ2v) is 10.9. The van der Waals surface area contributed by atoms with E-state index in [-0.39, 0.29) is 10.8 Å². The van der Waals surface area contributed by atoms with Gasteiger partial charge in [0.15, 0.2) is 17.0 Å². The third-order valence-corrected chi connectivity index (χ3v) is 8.07. The first-order chi connectivity index (χ1) is 17.3. The quantitative estimate of drug-likeness (QED) is 0.402. The molecule has 2 aromatic heterocycles. The number of hydrogen-bond donors (Lipinski definition) is 0. The molecule has 0 bridgehead atoms. The van der Waals surface area contributed by atoms with E-state index in [9.17, 15) is 13.2 Å². The van der Waals surface area contributed by atoms with E-state index in [1.807, 2.05) is 31.2 Å². The minimum atomic E-state index is -3.54. The van der Waals surface area contributed by atoms with Crippen molar-refractivity contribution in [1.29, 1.82) is 0 Å². The number of piperazine rings is 1. The Bertz CT molecular complexity index is 1510. The van der Waals surface area contributed by atoms with Gasteiger partial charge in [-0.3, -0.25) is 4.79 Å². The Labute approximate surface area is 209 Å². The number of anilines is 1. The van der Waals surface area contributed by atoms with Crippen LogP contribution in [0, 0.1) is 6.92 Å². The normalized spacial score (nSPS) is 14.6. The predicted octanol–water partition coefficient (Wildman–Crippen LogP) is 1.73. The molecule has 1 fully saturated rings. The summed E-state index contributed by atoms with van der Waals surface area (Å²) in [6.45, 7) is 4.16. The van der Waals surface area contributed by atoms with Gasteiger partial charge in [-0.25, -0.2) is 22.7 Å².